The molecule has 0 aliphatic carbocycles. The molecule has 0 bridgehead atoms. The minimum atomic E-state index is -1.82. The molecule has 2 aromatic rings. The van der Waals surface area contributed by atoms with Gasteiger partial charge in [-0.25, -0.2) is 8.78 Å². The molecule has 1 aromatic carbocycles. The molecule has 0 saturated carbocycles. The lowest BCUT2D eigenvalue weighted by molar-refractivity contribution is 0.206. The summed E-state index contributed by atoms with van der Waals surface area (Å²) in [6.45, 7) is 6.08. The molecule has 26 heavy (non-hydrogen) atoms. The Bertz CT molecular complexity index is 887. The number of nitrogens with two attached hydrogens (primary N) is 1. The first-order chi connectivity index (χ1) is 12.1. The van der Waals surface area contributed by atoms with E-state index in [2.05, 4.69) is 48.0 Å². The highest BCUT2D eigenvalue weighted by atomic mass is 79.9. The number of nitrogen functional groups attached to an aromatic ring is 1. The van der Waals surface area contributed by atoms with Gasteiger partial charge in [-0.3, -0.25) is 0 Å². The van der Waals surface area contributed by atoms with E-state index < -0.39 is 11.5 Å². The molecule has 0 unspecified atom stereocenters. The van der Waals surface area contributed by atoms with Crippen LogP contribution in [-0.2, 0) is 5.67 Å². The first-order valence-corrected chi connectivity index (χ1v) is 8.41. The lowest BCUT2D eigenvalue weighted by Crippen LogP contribution is -2.18. The zero-order valence-corrected chi connectivity index (χ0v) is 16.3. The zero-order chi connectivity index (χ0) is 19.5. The second-order valence-corrected chi connectivity index (χ2v) is 6.64. The number of hydrogen-bond donors (Lipinski definition) is 2. The molecule has 0 aliphatic rings. The van der Waals surface area contributed by atoms with Crippen LogP contribution in [0.5, 0.6) is 5.75 Å². The van der Waals surface area contributed by atoms with Crippen LogP contribution in [0.3, 0.4) is 0 Å². The maximum absolute atomic E-state index is 14.2. The SMILES string of the molecule is CC#CCOc1c(C)cc(F)c(Br)c1Nc1nc(N)nc(C(C)(C)F)n1. The number of nitrogens with one attached hydrogen (secondary N) is 1. The summed E-state index contributed by atoms with van der Waals surface area (Å²) in [5.41, 5.74) is 4.60. The normalized spacial score (nSPS) is 10.9. The number of benzene rings is 1. The Morgan fingerprint density at radius 2 is 2.04 bits per heavy atom. The van der Waals surface area contributed by atoms with Gasteiger partial charge < -0.3 is 15.8 Å². The number of rotatable bonds is 5. The number of anilines is 3. The van der Waals surface area contributed by atoms with Crippen molar-refractivity contribution in [3.63, 3.8) is 0 Å². The number of nitrogens with zero attached hydrogens (tertiary/aromatic N) is 3. The fourth-order valence-electron chi connectivity index (χ4n) is 2.04. The minimum Gasteiger partial charge on any atom is -0.478 e. The Morgan fingerprint density at radius 3 is 2.65 bits per heavy atom. The van der Waals surface area contributed by atoms with Crippen LogP contribution < -0.4 is 15.8 Å². The van der Waals surface area contributed by atoms with Gasteiger partial charge in [0.25, 0.3) is 0 Å². The largest absolute Gasteiger partial charge is 0.478 e. The smallest absolute Gasteiger partial charge is 0.232 e. The molecule has 1 heterocycles. The van der Waals surface area contributed by atoms with Crippen molar-refractivity contribution >= 4 is 33.5 Å². The molecule has 9 heteroatoms. The number of ether oxygens (including phenoxy) is 1. The molecule has 0 radical (unpaired) electrons. The van der Waals surface area contributed by atoms with Gasteiger partial charge in [0.1, 0.15) is 23.9 Å². The summed E-state index contributed by atoms with van der Waals surface area (Å²) in [5.74, 6) is 5.00. The minimum absolute atomic E-state index is 0.0321. The Labute approximate surface area is 158 Å². The van der Waals surface area contributed by atoms with Crippen LogP contribution in [0.4, 0.5) is 26.4 Å². The van der Waals surface area contributed by atoms with Crippen molar-refractivity contribution in [1.82, 2.24) is 15.0 Å². The molecule has 0 atom stereocenters. The van der Waals surface area contributed by atoms with E-state index in [0.29, 0.717) is 11.3 Å². The molecule has 0 amide bonds. The van der Waals surface area contributed by atoms with Crippen LogP contribution in [0, 0.1) is 24.6 Å². The molecule has 0 aliphatic heterocycles. The van der Waals surface area contributed by atoms with Crippen LogP contribution >= 0.6 is 15.9 Å². The van der Waals surface area contributed by atoms with Crippen LogP contribution in [0.1, 0.15) is 32.2 Å². The standard InChI is InChI=1S/C17H18BrF2N5O/c1-5-6-7-26-13-9(2)8-10(19)11(18)12(13)22-16-24-14(17(3,4)20)23-15(21)25-16/h8H,7H2,1-4H3,(H3,21,22,23,24,25). The van der Waals surface area contributed by atoms with Crippen molar-refractivity contribution in [2.75, 3.05) is 17.7 Å². The third-order valence-corrected chi connectivity index (χ3v) is 4.02. The molecule has 0 fully saturated rings. The fraction of sp³-hybridized carbons (Fsp3) is 0.353. The number of alkyl halides is 1. The van der Waals surface area contributed by atoms with Crippen molar-refractivity contribution in [2.45, 2.75) is 33.4 Å². The van der Waals surface area contributed by atoms with Crippen molar-refractivity contribution < 1.29 is 13.5 Å². The monoisotopic (exact) mass is 425 g/mol. The highest BCUT2D eigenvalue weighted by molar-refractivity contribution is 9.10. The van der Waals surface area contributed by atoms with Gasteiger partial charge in [-0.15, -0.1) is 5.92 Å². The van der Waals surface area contributed by atoms with Gasteiger partial charge in [-0.05, 0) is 55.3 Å². The van der Waals surface area contributed by atoms with Gasteiger partial charge in [0.05, 0.1) is 4.47 Å². The lowest BCUT2D eigenvalue weighted by Gasteiger charge is -2.17. The summed E-state index contributed by atoms with van der Waals surface area (Å²) in [4.78, 5) is 11.7. The maximum atomic E-state index is 14.2. The summed E-state index contributed by atoms with van der Waals surface area (Å²) >= 11 is 3.18. The Hall–Kier alpha value is -2.47. The average Bonchev–Trinajstić information content (AvgIpc) is 2.54. The van der Waals surface area contributed by atoms with Crippen LogP contribution in [0.25, 0.3) is 0 Å². The van der Waals surface area contributed by atoms with E-state index in [1.807, 2.05) is 0 Å². The topological polar surface area (TPSA) is 86.0 Å². The van der Waals surface area contributed by atoms with E-state index in [1.165, 1.54) is 19.9 Å². The summed E-state index contributed by atoms with van der Waals surface area (Å²) in [6.07, 6.45) is 0. The van der Waals surface area contributed by atoms with Gasteiger partial charge in [0.2, 0.25) is 11.9 Å². The molecular weight excluding hydrogens is 408 g/mol. The van der Waals surface area contributed by atoms with Crippen LogP contribution in [-0.4, -0.2) is 21.6 Å². The predicted molar refractivity (Wildman–Crippen MR) is 99.4 cm³/mol. The van der Waals surface area contributed by atoms with Crippen molar-refractivity contribution in [3.05, 3.63) is 27.7 Å². The summed E-state index contributed by atoms with van der Waals surface area (Å²) in [7, 11) is 0. The first-order valence-electron chi connectivity index (χ1n) is 7.62. The molecule has 1 aromatic heterocycles. The molecule has 0 saturated heterocycles. The average molecular weight is 426 g/mol. The quantitative estimate of drug-likeness (QED) is 0.703. The fourth-order valence-corrected chi connectivity index (χ4v) is 2.43. The lowest BCUT2D eigenvalue weighted by atomic mass is 10.1. The molecule has 138 valence electrons. The van der Waals surface area contributed by atoms with Gasteiger partial charge in [0, 0.05) is 0 Å². The predicted octanol–water partition coefficient (Wildman–Crippen LogP) is 4.01. The van der Waals surface area contributed by atoms with Gasteiger partial charge in [-0.2, -0.15) is 15.0 Å². The molecule has 0 spiro atoms. The van der Waals surface area contributed by atoms with Crippen LogP contribution in [0.15, 0.2) is 10.5 Å². The van der Waals surface area contributed by atoms with Gasteiger partial charge in [-0.1, -0.05) is 5.92 Å². The summed E-state index contributed by atoms with van der Waals surface area (Å²) < 4.78 is 34.1. The Morgan fingerprint density at radius 1 is 1.35 bits per heavy atom. The van der Waals surface area contributed by atoms with Gasteiger partial charge >= 0.3 is 0 Å². The summed E-state index contributed by atoms with van der Waals surface area (Å²) in [5, 5.41) is 2.83. The molecule has 6 nitrogen and oxygen atoms in total. The van der Waals surface area contributed by atoms with E-state index in [4.69, 9.17) is 10.5 Å². The third kappa shape index (κ3) is 4.58. The Balaban J connectivity index is 2.51. The van der Waals surface area contributed by atoms with E-state index >= 15 is 0 Å². The highest BCUT2D eigenvalue weighted by Crippen LogP contribution is 2.39. The number of halogens is 3. The van der Waals surface area contributed by atoms with E-state index in [1.54, 1.807) is 13.8 Å². The third-order valence-electron chi connectivity index (χ3n) is 3.24. The Kier molecular flexibility index (Phi) is 5.97. The number of aromatic nitrogens is 3. The molecular formula is C17H18BrF2N5O. The van der Waals surface area contributed by atoms with E-state index in [9.17, 15) is 8.78 Å². The number of aryl methyl sites for hydroxylation is 1. The van der Waals surface area contributed by atoms with E-state index in [-0.39, 0.29) is 34.5 Å². The first kappa shape index (κ1) is 19.8. The summed E-state index contributed by atoms with van der Waals surface area (Å²) in [6, 6.07) is 1.32. The van der Waals surface area contributed by atoms with Crippen molar-refractivity contribution in [2.24, 2.45) is 0 Å². The molecule has 2 rings (SSSR count). The highest BCUT2D eigenvalue weighted by Gasteiger charge is 2.25. The maximum Gasteiger partial charge on any atom is 0.232 e. The van der Waals surface area contributed by atoms with Crippen molar-refractivity contribution in [1.29, 1.82) is 0 Å². The van der Waals surface area contributed by atoms with E-state index in [0.717, 1.165) is 0 Å². The number of hydrogen-bond acceptors (Lipinski definition) is 6. The second-order valence-electron chi connectivity index (χ2n) is 5.85. The second kappa shape index (κ2) is 7.83. The molecule has 3 N–H and O–H groups in total. The zero-order valence-electron chi connectivity index (χ0n) is 14.7. The van der Waals surface area contributed by atoms with Crippen molar-refractivity contribution in [3.8, 4) is 17.6 Å². The van der Waals surface area contributed by atoms with Crippen LogP contribution in [0.2, 0.25) is 0 Å². The van der Waals surface area contributed by atoms with Gasteiger partial charge in [0.15, 0.2) is 11.5 Å².